The van der Waals surface area contributed by atoms with E-state index in [2.05, 4.69) is 15.9 Å². The second-order valence-electron chi connectivity index (χ2n) is 3.86. The predicted octanol–water partition coefficient (Wildman–Crippen LogP) is 5.37. The van der Waals surface area contributed by atoms with Crippen LogP contribution in [0.15, 0.2) is 53.0 Å². The number of ether oxygens (including phenoxy) is 1. The van der Waals surface area contributed by atoms with Gasteiger partial charge < -0.3 is 4.74 Å². The van der Waals surface area contributed by atoms with Gasteiger partial charge in [0.05, 0.1) is 9.50 Å². The van der Waals surface area contributed by atoms with Crippen molar-refractivity contribution in [3.63, 3.8) is 0 Å². The van der Waals surface area contributed by atoms with Crippen LogP contribution in [0.3, 0.4) is 0 Å². The second kappa shape index (κ2) is 6.93. The Kier molecular flexibility index (Phi) is 5.24. The summed E-state index contributed by atoms with van der Waals surface area (Å²) >= 11 is 15.1. The van der Waals surface area contributed by atoms with Crippen molar-refractivity contribution in [3.8, 4) is 5.75 Å². The first-order valence-electron chi connectivity index (χ1n) is 5.66. The van der Waals surface area contributed by atoms with E-state index in [1.54, 1.807) is 12.1 Å². The Balaban J connectivity index is 2.11. The molecule has 0 fully saturated rings. The maximum absolute atomic E-state index is 11.8. The Morgan fingerprint density at radius 2 is 1.85 bits per heavy atom. The number of carbonyl (C=O) groups is 1. The number of rotatable bonds is 3. The SMILES string of the molecule is O=C(/C=C/c1ccccc1)Oc1c(Cl)cc(Cl)cc1Br. The van der Waals surface area contributed by atoms with Gasteiger partial charge in [-0.2, -0.15) is 0 Å². The van der Waals surface area contributed by atoms with Gasteiger partial charge in [0, 0.05) is 11.1 Å². The summed E-state index contributed by atoms with van der Waals surface area (Å²) in [7, 11) is 0. The molecule has 0 aliphatic carbocycles. The lowest BCUT2D eigenvalue weighted by Gasteiger charge is -2.07. The molecule has 0 aromatic heterocycles. The molecular formula is C15H9BrCl2O2. The number of halogens is 3. The topological polar surface area (TPSA) is 26.3 Å². The zero-order valence-electron chi connectivity index (χ0n) is 10.1. The molecular weight excluding hydrogens is 363 g/mol. The lowest BCUT2D eigenvalue weighted by molar-refractivity contribution is -0.128. The fourth-order valence-corrected chi connectivity index (χ4v) is 2.81. The lowest BCUT2D eigenvalue weighted by atomic mass is 10.2. The van der Waals surface area contributed by atoms with Crippen molar-refractivity contribution in [1.29, 1.82) is 0 Å². The average Bonchev–Trinajstić information content (AvgIpc) is 2.42. The Bertz CT molecular complexity index is 631. The molecule has 0 aliphatic heterocycles. The molecule has 0 N–H and O–H groups in total. The van der Waals surface area contributed by atoms with Gasteiger partial charge in [0.2, 0.25) is 0 Å². The van der Waals surface area contributed by atoms with E-state index in [1.165, 1.54) is 12.1 Å². The average molecular weight is 372 g/mol. The summed E-state index contributed by atoms with van der Waals surface area (Å²) in [4.78, 5) is 11.8. The number of esters is 1. The molecule has 5 heteroatoms. The first-order chi connectivity index (χ1) is 9.56. The van der Waals surface area contributed by atoms with Crippen molar-refractivity contribution in [2.45, 2.75) is 0 Å². The van der Waals surface area contributed by atoms with E-state index >= 15 is 0 Å². The van der Waals surface area contributed by atoms with Gasteiger partial charge in [0.25, 0.3) is 0 Å². The molecule has 0 bridgehead atoms. The normalized spacial score (nSPS) is 10.8. The van der Waals surface area contributed by atoms with Crippen LogP contribution in [0.4, 0.5) is 0 Å². The van der Waals surface area contributed by atoms with Crippen molar-refractivity contribution in [2.24, 2.45) is 0 Å². The van der Waals surface area contributed by atoms with E-state index in [-0.39, 0.29) is 10.8 Å². The monoisotopic (exact) mass is 370 g/mol. The largest absolute Gasteiger partial charge is 0.421 e. The zero-order valence-corrected chi connectivity index (χ0v) is 13.2. The summed E-state index contributed by atoms with van der Waals surface area (Å²) in [6.07, 6.45) is 3.01. The minimum absolute atomic E-state index is 0.249. The van der Waals surface area contributed by atoms with E-state index in [1.807, 2.05) is 30.3 Å². The third-order valence-corrected chi connectivity index (χ3v) is 3.47. The third-order valence-electron chi connectivity index (χ3n) is 2.38. The first-order valence-corrected chi connectivity index (χ1v) is 7.20. The summed E-state index contributed by atoms with van der Waals surface area (Å²) in [5.41, 5.74) is 0.908. The van der Waals surface area contributed by atoms with Gasteiger partial charge in [-0.15, -0.1) is 0 Å². The van der Waals surface area contributed by atoms with Crippen LogP contribution in [0.1, 0.15) is 5.56 Å². The van der Waals surface area contributed by atoms with Crippen LogP contribution in [0, 0.1) is 0 Å². The summed E-state index contributed by atoms with van der Waals surface area (Å²) in [5, 5.41) is 0.729. The van der Waals surface area contributed by atoms with Crippen LogP contribution >= 0.6 is 39.1 Å². The molecule has 2 rings (SSSR count). The van der Waals surface area contributed by atoms with Crippen molar-refractivity contribution >= 4 is 51.2 Å². The summed E-state index contributed by atoms with van der Waals surface area (Å²) < 4.78 is 5.71. The van der Waals surface area contributed by atoms with Gasteiger partial charge in [-0.1, -0.05) is 53.5 Å². The van der Waals surface area contributed by atoms with Gasteiger partial charge in [-0.3, -0.25) is 0 Å². The number of hydrogen-bond donors (Lipinski definition) is 0. The van der Waals surface area contributed by atoms with Crippen LogP contribution in [-0.4, -0.2) is 5.97 Å². The third kappa shape index (κ3) is 4.10. The quantitative estimate of drug-likeness (QED) is 0.411. The first kappa shape index (κ1) is 15.1. The van der Waals surface area contributed by atoms with Gasteiger partial charge in [0.15, 0.2) is 5.75 Å². The highest BCUT2D eigenvalue weighted by molar-refractivity contribution is 9.10. The Morgan fingerprint density at radius 1 is 1.15 bits per heavy atom. The maximum Gasteiger partial charge on any atom is 0.336 e. The fourth-order valence-electron chi connectivity index (χ4n) is 1.49. The van der Waals surface area contributed by atoms with Gasteiger partial charge in [-0.05, 0) is 39.7 Å². The minimum Gasteiger partial charge on any atom is -0.421 e. The molecule has 102 valence electrons. The van der Waals surface area contributed by atoms with E-state index in [0.29, 0.717) is 9.50 Å². The van der Waals surface area contributed by atoms with Crippen LogP contribution < -0.4 is 4.74 Å². The fraction of sp³-hybridized carbons (Fsp3) is 0. The van der Waals surface area contributed by atoms with Crippen molar-refractivity contribution in [1.82, 2.24) is 0 Å². The van der Waals surface area contributed by atoms with E-state index < -0.39 is 5.97 Å². The molecule has 2 aromatic rings. The number of carbonyl (C=O) groups excluding carboxylic acids is 1. The Morgan fingerprint density at radius 3 is 2.50 bits per heavy atom. The molecule has 0 atom stereocenters. The summed E-state index contributed by atoms with van der Waals surface area (Å²) in [6, 6.07) is 12.6. The molecule has 0 spiro atoms. The molecule has 0 unspecified atom stereocenters. The van der Waals surface area contributed by atoms with E-state index in [9.17, 15) is 4.79 Å². The molecule has 2 aromatic carbocycles. The Hall–Kier alpha value is -1.29. The minimum atomic E-state index is -0.515. The predicted molar refractivity (Wildman–Crippen MR) is 85.3 cm³/mol. The second-order valence-corrected chi connectivity index (χ2v) is 5.56. The highest BCUT2D eigenvalue weighted by Crippen LogP contribution is 2.36. The van der Waals surface area contributed by atoms with Crippen molar-refractivity contribution in [3.05, 3.63) is 68.6 Å². The molecule has 0 saturated heterocycles. The molecule has 20 heavy (non-hydrogen) atoms. The van der Waals surface area contributed by atoms with Crippen LogP contribution in [0.5, 0.6) is 5.75 Å². The van der Waals surface area contributed by atoms with Gasteiger partial charge in [-0.25, -0.2) is 4.79 Å². The van der Waals surface area contributed by atoms with Crippen LogP contribution in [0.2, 0.25) is 10.0 Å². The van der Waals surface area contributed by atoms with E-state index in [4.69, 9.17) is 27.9 Å². The number of benzene rings is 2. The van der Waals surface area contributed by atoms with Gasteiger partial charge >= 0.3 is 5.97 Å². The summed E-state index contributed by atoms with van der Waals surface area (Å²) in [6.45, 7) is 0. The smallest absolute Gasteiger partial charge is 0.336 e. The van der Waals surface area contributed by atoms with Crippen molar-refractivity contribution < 1.29 is 9.53 Å². The molecule has 0 aliphatic rings. The summed E-state index contributed by atoms with van der Waals surface area (Å²) in [5.74, 6) is -0.266. The van der Waals surface area contributed by atoms with Crippen LogP contribution in [-0.2, 0) is 4.79 Å². The molecule has 2 nitrogen and oxygen atoms in total. The zero-order chi connectivity index (χ0) is 14.5. The Labute approximate surface area is 135 Å². The maximum atomic E-state index is 11.8. The van der Waals surface area contributed by atoms with E-state index in [0.717, 1.165) is 5.56 Å². The van der Waals surface area contributed by atoms with Crippen molar-refractivity contribution in [2.75, 3.05) is 0 Å². The molecule has 0 amide bonds. The standard InChI is InChI=1S/C15H9BrCl2O2/c16-12-8-11(17)9-13(18)15(12)20-14(19)7-6-10-4-2-1-3-5-10/h1-9H/b7-6+. The molecule has 0 heterocycles. The highest BCUT2D eigenvalue weighted by atomic mass is 79.9. The number of hydrogen-bond acceptors (Lipinski definition) is 2. The highest BCUT2D eigenvalue weighted by Gasteiger charge is 2.11. The van der Waals surface area contributed by atoms with Crippen LogP contribution in [0.25, 0.3) is 6.08 Å². The van der Waals surface area contributed by atoms with Gasteiger partial charge in [0.1, 0.15) is 0 Å². The lowest BCUT2D eigenvalue weighted by Crippen LogP contribution is -2.04. The molecule has 0 saturated carbocycles. The molecule has 0 radical (unpaired) electrons.